The maximum Gasteiger partial charge on any atom is 0.226 e. The first-order chi connectivity index (χ1) is 8.92. The van der Waals surface area contributed by atoms with E-state index in [1.165, 1.54) is 25.7 Å². The van der Waals surface area contributed by atoms with Gasteiger partial charge in [-0.05, 0) is 51.2 Å². The molecule has 3 heterocycles. The number of nitrogens with one attached hydrogen (secondary N) is 2. The molecule has 2 aliphatic heterocycles. The summed E-state index contributed by atoms with van der Waals surface area (Å²) in [5, 5.41) is 10.9. The molecule has 2 aliphatic rings. The highest BCUT2D eigenvalue weighted by atomic mass is 16.5. The number of aromatic nitrogens is 2. The number of nitrogens with zero attached hydrogens (tertiary/aromatic N) is 2. The molecule has 2 N–H and O–H groups in total. The van der Waals surface area contributed by atoms with E-state index in [1.807, 2.05) is 0 Å². The van der Waals surface area contributed by atoms with Gasteiger partial charge in [0.25, 0.3) is 0 Å². The van der Waals surface area contributed by atoms with Crippen molar-refractivity contribution in [1.29, 1.82) is 0 Å². The zero-order valence-electron chi connectivity index (χ0n) is 10.8. The summed E-state index contributed by atoms with van der Waals surface area (Å²) in [6.45, 7) is 4.36. The quantitative estimate of drug-likeness (QED) is 0.840. The summed E-state index contributed by atoms with van der Waals surface area (Å²) in [5.41, 5.74) is 0. The number of rotatable bonds is 3. The lowest BCUT2D eigenvalue weighted by Crippen LogP contribution is -2.29. The Kier molecular flexibility index (Phi) is 3.90. The van der Waals surface area contributed by atoms with E-state index in [9.17, 15) is 0 Å². The highest BCUT2D eigenvalue weighted by Gasteiger charge is 2.22. The normalized spacial score (nSPS) is 26.3. The van der Waals surface area contributed by atoms with Crippen LogP contribution in [0.25, 0.3) is 0 Å². The van der Waals surface area contributed by atoms with Crippen molar-refractivity contribution in [3.8, 4) is 0 Å². The number of hydrogen-bond donors (Lipinski definition) is 2. The van der Waals surface area contributed by atoms with Crippen molar-refractivity contribution in [2.75, 3.05) is 26.2 Å². The van der Waals surface area contributed by atoms with Crippen LogP contribution in [0.5, 0.6) is 0 Å². The molecule has 3 rings (SSSR count). The summed E-state index contributed by atoms with van der Waals surface area (Å²) in [5.74, 6) is 2.90. The third-order valence-electron chi connectivity index (χ3n) is 4.07. The van der Waals surface area contributed by atoms with Crippen molar-refractivity contribution in [2.24, 2.45) is 5.92 Å². The average molecular weight is 250 g/mol. The zero-order chi connectivity index (χ0) is 12.2. The van der Waals surface area contributed by atoms with E-state index in [0.717, 1.165) is 44.3 Å². The molecule has 1 aromatic rings. The molecule has 2 saturated heterocycles. The second kappa shape index (κ2) is 5.80. The van der Waals surface area contributed by atoms with E-state index >= 15 is 0 Å². The number of piperidine rings is 2. The lowest BCUT2D eigenvalue weighted by Gasteiger charge is -2.20. The first kappa shape index (κ1) is 12.1. The van der Waals surface area contributed by atoms with E-state index in [2.05, 4.69) is 20.8 Å². The van der Waals surface area contributed by atoms with E-state index in [-0.39, 0.29) is 0 Å². The van der Waals surface area contributed by atoms with Crippen molar-refractivity contribution in [1.82, 2.24) is 20.8 Å². The van der Waals surface area contributed by atoms with E-state index in [0.29, 0.717) is 11.8 Å². The smallest absolute Gasteiger partial charge is 0.226 e. The van der Waals surface area contributed by atoms with E-state index in [1.54, 1.807) is 0 Å². The van der Waals surface area contributed by atoms with Crippen molar-refractivity contribution in [3.63, 3.8) is 0 Å². The predicted molar refractivity (Wildman–Crippen MR) is 68.4 cm³/mol. The minimum absolute atomic E-state index is 0.448. The second-order valence-corrected chi connectivity index (χ2v) is 5.49. The summed E-state index contributed by atoms with van der Waals surface area (Å²) >= 11 is 0. The fourth-order valence-corrected chi connectivity index (χ4v) is 2.92. The Morgan fingerprint density at radius 2 is 2.00 bits per heavy atom. The van der Waals surface area contributed by atoms with Crippen LogP contribution in [0.1, 0.15) is 43.3 Å². The minimum atomic E-state index is 0.448. The maximum atomic E-state index is 5.41. The Balaban J connectivity index is 1.58. The molecule has 0 radical (unpaired) electrons. The lowest BCUT2D eigenvalue weighted by molar-refractivity contribution is 0.310. The molecule has 5 nitrogen and oxygen atoms in total. The molecule has 18 heavy (non-hydrogen) atoms. The van der Waals surface area contributed by atoms with Crippen molar-refractivity contribution in [2.45, 2.75) is 38.0 Å². The Labute approximate surface area is 108 Å². The lowest BCUT2D eigenvalue weighted by atomic mass is 9.94. The van der Waals surface area contributed by atoms with Gasteiger partial charge >= 0.3 is 0 Å². The summed E-state index contributed by atoms with van der Waals surface area (Å²) in [6.07, 6.45) is 5.79. The summed E-state index contributed by atoms with van der Waals surface area (Å²) in [6, 6.07) is 0. The Hall–Kier alpha value is -0.940. The first-order valence-corrected chi connectivity index (χ1v) is 7.16. The molecule has 0 spiro atoms. The van der Waals surface area contributed by atoms with Crippen LogP contribution >= 0.6 is 0 Å². The maximum absolute atomic E-state index is 5.41. The molecule has 0 amide bonds. The summed E-state index contributed by atoms with van der Waals surface area (Å²) in [4.78, 5) is 4.59. The highest BCUT2D eigenvalue weighted by Crippen LogP contribution is 2.22. The summed E-state index contributed by atoms with van der Waals surface area (Å²) in [7, 11) is 0. The summed E-state index contributed by atoms with van der Waals surface area (Å²) < 4.78 is 5.41. The number of hydrogen-bond acceptors (Lipinski definition) is 5. The van der Waals surface area contributed by atoms with Gasteiger partial charge in [0.1, 0.15) is 0 Å². The Morgan fingerprint density at radius 3 is 2.78 bits per heavy atom. The first-order valence-electron chi connectivity index (χ1n) is 7.16. The molecular weight excluding hydrogens is 228 g/mol. The SMILES string of the molecule is C1CNCC(c2noc(CC3CCNCC3)n2)C1. The van der Waals surface area contributed by atoms with Crippen LogP contribution in [0.3, 0.4) is 0 Å². The van der Waals surface area contributed by atoms with Gasteiger partial charge in [0.05, 0.1) is 0 Å². The fraction of sp³-hybridized carbons (Fsp3) is 0.846. The Morgan fingerprint density at radius 1 is 1.11 bits per heavy atom. The van der Waals surface area contributed by atoms with Crippen LogP contribution in [-0.2, 0) is 6.42 Å². The molecule has 1 aromatic heterocycles. The van der Waals surface area contributed by atoms with Gasteiger partial charge in [-0.15, -0.1) is 0 Å². The van der Waals surface area contributed by atoms with E-state index in [4.69, 9.17) is 4.52 Å². The van der Waals surface area contributed by atoms with Crippen LogP contribution in [0.2, 0.25) is 0 Å². The van der Waals surface area contributed by atoms with Gasteiger partial charge < -0.3 is 15.2 Å². The van der Waals surface area contributed by atoms with Crippen LogP contribution in [0, 0.1) is 5.92 Å². The van der Waals surface area contributed by atoms with Crippen molar-refractivity contribution in [3.05, 3.63) is 11.7 Å². The van der Waals surface area contributed by atoms with Gasteiger partial charge in [-0.1, -0.05) is 5.16 Å². The molecule has 0 aromatic carbocycles. The molecule has 5 heteroatoms. The molecule has 0 bridgehead atoms. The topological polar surface area (TPSA) is 63.0 Å². The van der Waals surface area contributed by atoms with Gasteiger partial charge in [0.2, 0.25) is 5.89 Å². The minimum Gasteiger partial charge on any atom is -0.339 e. The molecular formula is C13H22N4O. The fourth-order valence-electron chi connectivity index (χ4n) is 2.92. The second-order valence-electron chi connectivity index (χ2n) is 5.49. The van der Waals surface area contributed by atoms with Gasteiger partial charge in [-0.2, -0.15) is 4.98 Å². The van der Waals surface area contributed by atoms with Crippen LogP contribution < -0.4 is 10.6 Å². The molecule has 1 atom stereocenters. The van der Waals surface area contributed by atoms with Crippen LogP contribution in [0.15, 0.2) is 4.52 Å². The van der Waals surface area contributed by atoms with Crippen molar-refractivity contribution >= 4 is 0 Å². The third-order valence-corrected chi connectivity index (χ3v) is 4.07. The monoisotopic (exact) mass is 250 g/mol. The largest absolute Gasteiger partial charge is 0.339 e. The molecule has 0 aliphatic carbocycles. The molecule has 100 valence electrons. The average Bonchev–Trinajstić information content (AvgIpc) is 2.89. The highest BCUT2D eigenvalue weighted by molar-refractivity contribution is 4.98. The standard InChI is InChI=1S/C13H22N4O/c1-2-11(9-15-5-1)13-16-12(18-17-13)8-10-3-6-14-7-4-10/h10-11,14-15H,1-9H2. The zero-order valence-corrected chi connectivity index (χ0v) is 10.8. The van der Waals surface area contributed by atoms with Crippen LogP contribution in [0.4, 0.5) is 0 Å². The van der Waals surface area contributed by atoms with Gasteiger partial charge in [0.15, 0.2) is 5.82 Å². The predicted octanol–water partition coefficient (Wildman–Crippen LogP) is 1.08. The molecule has 2 fully saturated rings. The molecule has 1 unspecified atom stereocenters. The van der Waals surface area contributed by atoms with Crippen LogP contribution in [-0.4, -0.2) is 36.3 Å². The van der Waals surface area contributed by atoms with Gasteiger partial charge in [-0.25, -0.2) is 0 Å². The molecule has 0 saturated carbocycles. The van der Waals surface area contributed by atoms with Crippen molar-refractivity contribution < 1.29 is 4.52 Å². The third kappa shape index (κ3) is 2.90. The van der Waals surface area contributed by atoms with Gasteiger partial charge in [0, 0.05) is 18.9 Å². The van der Waals surface area contributed by atoms with E-state index < -0.39 is 0 Å². The Bertz CT molecular complexity index is 367. The van der Waals surface area contributed by atoms with Gasteiger partial charge in [-0.3, -0.25) is 0 Å².